The number of hydrogen-bond acceptors (Lipinski definition) is 3. The van der Waals surface area contributed by atoms with E-state index < -0.39 is 5.91 Å². The molecule has 0 bridgehead atoms. The lowest BCUT2D eigenvalue weighted by Gasteiger charge is -2.12. The number of nitrogens with one attached hydrogen (secondary N) is 1. The molecule has 0 atom stereocenters. The Morgan fingerprint density at radius 2 is 1.82 bits per heavy atom. The largest absolute Gasteiger partial charge is 0.488 e. The summed E-state index contributed by atoms with van der Waals surface area (Å²) in [7, 11) is 0. The molecule has 1 amide bonds. The third-order valence-corrected chi connectivity index (χ3v) is 6.15. The molecule has 4 nitrogen and oxygen atoms in total. The molecule has 0 unspecified atom stereocenters. The number of nitrogens with zero attached hydrogens (tertiary/aromatic N) is 1. The molecule has 0 aliphatic rings. The van der Waals surface area contributed by atoms with Gasteiger partial charge in [0.1, 0.15) is 24.0 Å². The summed E-state index contributed by atoms with van der Waals surface area (Å²) in [5.41, 5.74) is 2.32. The average Bonchev–Trinajstić information content (AvgIpc) is 2.82. The summed E-state index contributed by atoms with van der Waals surface area (Å²) in [6.45, 7) is 0.361. The number of halogens is 2. The standard InChI is InChI=1S/C27H18BrIN2O2/c28-22-11-12-26(33-17-19-7-3-6-18-5-1-2-10-25(18)19)20(14-22)13-21(16-30)27(32)31-24-9-4-8-23(29)15-24/h1-15H,17H2,(H,31,32)/b21-13+. The van der Waals surface area contributed by atoms with E-state index in [1.807, 2.05) is 66.7 Å². The number of rotatable bonds is 6. The van der Waals surface area contributed by atoms with E-state index in [-0.39, 0.29) is 5.57 Å². The van der Waals surface area contributed by atoms with Gasteiger partial charge < -0.3 is 10.1 Å². The van der Waals surface area contributed by atoms with Gasteiger partial charge in [0.05, 0.1) is 0 Å². The molecule has 0 heterocycles. The molecule has 0 aliphatic heterocycles. The van der Waals surface area contributed by atoms with Crippen molar-refractivity contribution in [2.75, 3.05) is 5.32 Å². The Hall–Kier alpha value is -3.15. The van der Waals surface area contributed by atoms with E-state index in [0.29, 0.717) is 23.6 Å². The second kappa shape index (κ2) is 10.6. The van der Waals surface area contributed by atoms with Gasteiger partial charge in [0.2, 0.25) is 0 Å². The van der Waals surface area contributed by atoms with Crippen molar-refractivity contribution in [1.29, 1.82) is 5.26 Å². The van der Waals surface area contributed by atoms with Gasteiger partial charge in [0.25, 0.3) is 5.91 Å². The first kappa shape index (κ1) is 23.0. The Kier molecular flexibility index (Phi) is 7.43. The van der Waals surface area contributed by atoms with Crippen LogP contribution in [-0.4, -0.2) is 5.91 Å². The molecule has 0 aromatic heterocycles. The fraction of sp³-hybridized carbons (Fsp3) is 0.0370. The van der Waals surface area contributed by atoms with Crippen molar-refractivity contribution >= 4 is 67.0 Å². The van der Waals surface area contributed by atoms with Gasteiger partial charge in [0, 0.05) is 19.3 Å². The zero-order valence-electron chi connectivity index (χ0n) is 17.4. The van der Waals surface area contributed by atoms with Crippen molar-refractivity contribution in [3.63, 3.8) is 0 Å². The highest BCUT2D eigenvalue weighted by Crippen LogP contribution is 2.28. The van der Waals surface area contributed by atoms with Gasteiger partial charge in [-0.2, -0.15) is 5.26 Å². The Labute approximate surface area is 214 Å². The van der Waals surface area contributed by atoms with Crippen LogP contribution in [0.3, 0.4) is 0 Å². The van der Waals surface area contributed by atoms with Crippen LogP contribution in [0, 0.1) is 14.9 Å². The number of anilines is 1. The van der Waals surface area contributed by atoms with Crippen molar-refractivity contribution in [3.05, 3.63) is 110 Å². The highest BCUT2D eigenvalue weighted by molar-refractivity contribution is 14.1. The quantitative estimate of drug-likeness (QED) is 0.142. The number of nitriles is 1. The van der Waals surface area contributed by atoms with Gasteiger partial charge in [-0.3, -0.25) is 4.79 Å². The van der Waals surface area contributed by atoms with E-state index in [9.17, 15) is 10.1 Å². The Morgan fingerprint density at radius 1 is 1.03 bits per heavy atom. The predicted molar refractivity (Wildman–Crippen MR) is 144 cm³/mol. The van der Waals surface area contributed by atoms with Gasteiger partial charge in [-0.05, 0) is 81.4 Å². The van der Waals surface area contributed by atoms with Crippen LogP contribution in [0.2, 0.25) is 0 Å². The van der Waals surface area contributed by atoms with E-state index >= 15 is 0 Å². The number of amides is 1. The van der Waals surface area contributed by atoms with Crippen molar-refractivity contribution in [2.24, 2.45) is 0 Å². The van der Waals surface area contributed by atoms with Crippen molar-refractivity contribution < 1.29 is 9.53 Å². The van der Waals surface area contributed by atoms with Gasteiger partial charge in [0.15, 0.2) is 0 Å². The molecule has 4 rings (SSSR count). The molecule has 0 aliphatic carbocycles. The molecular weight excluding hydrogens is 591 g/mol. The van der Waals surface area contributed by atoms with Crippen LogP contribution in [-0.2, 0) is 11.4 Å². The summed E-state index contributed by atoms with van der Waals surface area (Å²) in [5, 5.41) is 14.7. The van der Waals surface area contributed by atoms with Crippen molar-refractivity contribution in [1.82, 2.24) is 0 Å². The minimum atomic E-state index is -0.473. The Balaban J connectivity index is 1.59. The van der Waals surface area contributed by atoms with Crippen LogP contribution in [0.1, 0.15) is 11.1 Å². The molecule has 0 saturated heterocycles. The summed E-state index contributed by atoms with van der Waals surface area (Å²) < 4.78 is 7.95. The van der Waals surface area contributed by atoms with E-state index in [4.69, 9.17) is 4.74 Å². The average molecular weight is 609 g/mol. The molecule has 1 N–H and O–H groups in total. The highest BCUT2D eigenvalue weighted by atomic mass is 127. The van der Waals surface area contributed by atoms with Crippen LogP contribution >= 0.6 is 38.5 Å². The van der Waals surface area contributed by atoms with Crippen LogP contribution in [0.25, 0.3) is 16.8 Å². The third-order valence-electron chi connectivity index (χ3n) is 4.98. The maximum absolute atomic E-state index is 12.7. The zero-order valence-corrected chi connectivity index (χ0v) is 21.1. The Morgan fingerprint density at radius 3 is 2.64 bits per heavy atom. The normalized spacial score (nSPS) is 11.1. The molecule has 0 saturated carbocycles. The first-order valence-electron chi connectivity index (χ1n) is 10.1. The number of carbonyl (C=O) groups is 1. The van der Waals surface area contributed by atoms with Crippen molar-refractivity contribution in [3.8, 4) is 11.8 Å². The van der Waals surface area contributed by atoms with Gasteiger partial charge in [-0.15, -0.1) is 0 Å². The van der Waals surface area contributed by atoms with E-state index in [0.717, 1.165) is 24.4 Å². The van der Waals surface area contributed by atoms with Crippen LogP contribution < -0.4 is 10.1 Å². The second-order valence-corrected chi connectivity index (χ2v) is 9.40. The second-order valence-electron chi connectivity index (χ2n) is 7.24. The van der Waals surface area contributed by atoms with Crippen LogP contribution in [0.4, 0.5) is 5.69 Å². The summed E-state index contributed by atoms with van der Waals surface area (Å²) in [5.74, 6) is 0.112. The monoisotopic (exact) mass is 608 g/mol. The first-order chi connectivity index (χ1) is 16.0. The minimum absolute atomic E-state index is 0.0121. The maximum atomic E-state index is 12.7. The fourth-order valence-electron chi connectivity index (χ4n) is 3.41. The number of ether oxygens (including phenoxy) is 1. The fourth-order valence-corrected chi connectivity index (χ4v) is 4.33. The summed E-state index contributed by atoms with van der Waals surface area (Å²) in [6.07, 6.45) is 1.55. The lowest BCUT2D eigenvalue weighted by Crippen LogP contribution is -2.13. The molecule has 0 fully saturated rings. The van der Waals surface area contributed by atoms with E-state index in [1.54, 1.807) is 12.1 Å². The summed E-state index contributed by atoms with van der Waals surface area (Å²) in [4.78, 5) is 12.7. The lowest BCUT2D eigenvalue weighted by atomic mass is 10.1. The van der Waals surface area contributed by atoms with E-state index in [2.05, 4.69) is 62.0 Å². The molecule has 4 aromatic rings. The molecule has 162 valence electrons. The third kappa shape index (κ3) is 5.81. The predicted octanol–water partition coefficient (Wildman–Crippen LogP) is 7.33. The number of benzene rings is 4. The molecule has 4 aromatic carbocycles. The van der Waals surface area contributed by atoms with Crippen LogP contribution in [0.5, 0.6) is 5.75 Å². The minimum Gasteiger partial charge on any atom is -0.488 e. The maximum Gasteiger partial charge on any atom is 0.266 e. The molecule has 6 heteroatoms. The molecule has 0 spiro atoms. The number of carbonyl (C=O) groups excluding carboxylic acids is 1. The number of hydrogen-bond donors (Lipinski definition) is 1. The molecule has 0 radical (unpaired) electrons. The van der Waals surface area contributed by atoms with Crippen molar-refractivity contribution in [2.45, 2.75) is 6.61 Å². The first-order valence-corrected chi connectivity index (χ1v) is 12.0. The zero-order chi connectivity index (χ0) is 23.2. The van der Waals surface area contributed by atoms with Gasteiger partial charge >= 0.3 is 0 Å². The summed E-state index contributed by atoms with van der Waals surface area (Å²) in [6, 6.07) is 29.2. The van der Waals surface area contributed by atoms with Crippen LogP contribution in [0.15, 0.2) is 95.0 Å². The smallest absolute Gasteiger partial charge is 0.266 e. The SMILES string of the molecule is N#C/C(=C\c1cc(Br)ccc1OCc1cccc2ccccc12)C(=O)Nc1cccc(I)c1. The van der Waals surface area contributed by atoms with Gasteiger partial charge in [-0.1, -0.05) is 64.5 Å². The van der Waals surface area contributed by atoms with E-state index in [1.165, 1.54) is 0 Å². The highest BCUT2D eigenvalue weighted by Gasteiger charge is 2.13. The summed E-state index contributed by atoms with van der Waals surface area (Å²) >= 11 is 5.64. The Bertz CT molecular complexity index is 1400. The van der Waals surface area contributed by atoms with Gasteiger partial charge in [-0.25, -0.2) is 0 Å². The lowest BCUT2D eigenvalue weighted by molar-refractivity contribution is -0.112. The topological polar surface area (TPSA) is 62.1 Å². The number of fused-ring (bicyclic) bond motifs is 1. The molecule has 33 heavy (non-hydrogen) atoms. The molecular formula is C27H18BrIN2O2.